The lowest BCUT2D eigenvalue weighted by molar-refractivity contribution is 0.102. The van der Waals surface area contributed by atoms with Crippen molar-refractivity contribution in [3.8, 4) is 0 Å². The summed E-state index contributed by atoms with van der Waals surface area (Å²) in [5.74, 6) is 1.24. The van der Waals surface area contributed by atoms with Gasteiger partial charge >= 0.3 is 0 Å². The molecule has 0 aliphatic carbocycles. The van der Waals surface area contributed by atoms with Crippen molar-refractivity contribution in [3.63, 3.8) is 0 Å². The topological polar surface area (TPSA) is 71.8 Å². The fraction of sp³-hybridized carbons (Fsp3) is 0.400. The average Bonchev–Trinajstić information content (AvgIpc) is 2.92. The minimum absolute atomic E-state index is 0.295. The van der Waals surface area contributed by atoms with E-state index < -0.39 is 0 Å². The summed E-state index contributed by atoms with van der Waals surface area (Å²) in [6.45, 7) is 1.93. The first kappa shape index (κ1) is 16.2. The molecule has 1 amide bonds. The van der Waals surface area contributed by atoms with Crippen LogP contribution in [0, 0.1) is 0 Å². The number of carbonyl (C=O) groups excluding carboxylic acids is 1. The molecule has 0 spiro atoms. The molecular weight excluding hydrogens is 337 g/mol. The van der Waals surface area contributed by atoms with Crippen molar-refractivity contribution in [2.24, 2.45) is 7.05 Å². The summed E-state index contributed by atoms with van der Waals surface area (Å²) in [5.41, 5.74) is 0.422. The molecule has 0 atom stereocenters. The summed E-state index contributed by atoms with van der Waals surface area (Å²) in [5, 5.41) is 11.3. The predicted octanol–water partition coefficient (Wildman–Crippen LogP) is 2.84. The second kappa shape index (κ2) is 6.86. The summed E-state index contributed by atoms with van der Waals surface area (Å²) in [4.78, 5) is 16.8. The van der Waals surface area contributed by atoms with Gasteiger partial charge < -0.3 is 5.32 Å². The number of carbonyl (C=O) groups is 1. The Kier molecular flexibility index (Phi) is 4.84. The number of anilines is 1. The molecular formula is C15H17Cl2N5O. The molecule has 0 saturated carbocycles. The summed E-state index contributed by atoms with van der Waals surface area (Å²) >= 11 is 11.8. The molecule has 23 heavy (non-hydrogen) atoms. The van der Waals surface area contributed by atoms with Gasteiger partial charge in [0.25, 0.3) is 5.91 Å². The third-order valence-corrected chi connectivity index (χ3v) is 4.63. The number of hydrogen-bond acceptors (Lipinski definition) is 4. The Morgan fingerprint density at radius 2 is 2.04 bits per heavy atom. The quantitative estimate of drug-likeness (QED) is 0.889. The number of amides is 1. The predicted molar refractivity (Wildman–Crippen MR) is 90.3 cm³/mol. The van der Waals surface area contributed by atoms with Crippen molar-refractivity contribution in [1.82, 2.24) is 20.1 Å². The van der Waals surface area contributed by atoms with E-state index in [1.165, 1.54) is 6.07 Å². The van der Waals surface area contributed by atoms with Gasteiger partial charge in [-0.25, -0.2) is 4.68 Å². The van der Waals surface area contributed by atoms with Crippen LogP contribution in [-0.4, -0.2) is 33.8 Å². The van der Waals surface area contributed by atoms with Crippen LogP contribution in [0.4, 0.5) is 5.95 Å². The molecule has 0 unspecified atom stereocenters. The lowest BCUT2D eigenvalue weighted by atomic mass is 9.98. The third-order valence-electron chi connectivity index (χ3n) is 3.89. The zero-order chi connectivity index (χ0) is 16.4. The van der Waals surface area contributed by atoms with Gasteiger partial charge in [0.1, 0.15) is 0 Å². The summed E-state index contributed by atoms with van der Waals surface area (Å²) in [7, 11) is 1.77. The Balaban J connectivity index is 1.75. The molecule has 2 aromatic rings. The van der Waals surface area contributed by atoms with Crippen molar-refractivity contribution in [3.05, 3.63) is 39.6 Å². The monoisotopic (exact) mass is 353 g/mol. The summed E-state index contributed by atoms with van der Waals surface area (Å²) < 4.78 is 1.59. The SMILES string of the molecule is Cn1nc(C2CCNCC2)nc1NC(=O)c1ccc(Cl)c(Cl)c1. The van der Waals surface area contributed by atoms with Crippen LogP contribution in [0.1, 0.15) is 34.9 Å². The summed E-state index contributed by atoms with van der Waals surface area (Å²) in [6.07, 6.45) is 2.01. The van der Waals surface area contributed by atoms with E-state index in [2.05, 4.69) is 20.7 Å². The molecule has 6 nitrogen and oxygen atoms in total. The molecule has 1 saturated heterocycles. The number of aromatic nitrogens is 3. The Morgan fingerprint density at radius 1 is 1.30 bits per heavy atom. The van der Waals surface area contributed by atoms with Crippen LogP contribution >= 0.6 is 23.2 Å². The number of piperidine rings is 1. The van der Waals surface area contributed by atoms with E-state index in [0.29, 0.717) is 27.5 Å². The summed E-state index contributed by atoms with van der Waals surface area (Å²) in [6, 6.07) is 4.74. The highest BCUT2D eigenvalue weighted by Crippen LogP contribution is 2.25. The zero-order valence-corrected chi connectivity index (χ0v) is 14.2. The Bertz CT molecular complexity index is 725. The van der Waals surface area contributed by atoms with Gasteiger partial charge in [-0.15, -0.1) is 0 Å². The molecule has 1 aliphatic heterocycles. The first-order valence-electron chi connectivity index (χ1n) is 7.42. The minimum Gasteiger partial charge on any atom is -0.317 e. The molecule has 1 aliphatic rings. The maximum absolute atomic E-state index is 12.3. The number of rotatable bonds is 3. The molecule has 1 fully saturated rings. The van der Waals surface area contributed by atoms with Crippen LogP contribution in [0.15, 0.2) is 18.2 Å². The van der Waals surface area contributed by atoms with Crippen molar-refractivity contribution >= 4 is 35.1 Å². The number of halogens is 2. The molecule has 122 valence electrons. The number of nitrogens with zero attached hydrogens (tertiary/aromatic N) is 3. The zero-order valence-electron chi connectivity index (χ0n) is 12.6. The van der Waals surface area contributed by atoms with E-state index in [-0.39, 0.29) is 5.91 Å². The van der Waals surface area contributed by atoms with Crippen LogP contribution in [0.3, 0.4) is 0 Å². The first-order valence-corrected chi connectivity index (χ1v) is 8.18. The van der Waals surface area contributed by atoms with Gasteiger partial charge in [-0.1, -0.05) is 23.2 Å². The van der Waals surface area contributed by atoms with Crippen molar-refractivity contribution in [1.29, 1.82) is 0 Å². The number of aryl methyl sites for hydroxylation is 1. The molecule has 0 bridgehead atoms. The van der Waals surface area contributed by atoms with Crippen molar-refractivity contribution in [2.45, 2.75) is 18.8 Å². The van der Waals surface area contributed by atoms with E-state index >= 15 is 0 Å². The maximum atomic E-state index is 12.3. The normalized spacial score (nSPS) is 15.6. The van der Waals surface area contributed by atoms with Crippen LogP contribution in [0.5, 0.6) is 0 Å². The van der Waals surface area contributed by atoms with Crippen LogP contribution in [-0.2, 0) is 7.05 Å². The first-order chi connectivity index (χ1) is 11.0. The lowest BCUT2D eigenvalue weighted by Gasteiger charge is -2.19. The largest absolute Gasteiger partial charge is 0.317 e. The highest BCUT2D eigenvalue weighted by Gasteiger charge is 2.21. The highest BCUT2D eigenvalue weighted by molar-refractivity contribution is 6.42. The lowest BCUT2D eigenvalue weighted by Crippen LogP contribution is -2.27. The van der Waals surface area contributed by atoms with E-state index in [9.17, 15) is 4.79 Å². The molecule has 8 heteroatoms. The highest BCUT2D eigenvalue weighted by atomic mass is 35.5. The third kappa shape index (κ3) is 3.65. The van der Waals surface area contributed by atoms with E-state index in [1.54, 1.807) is 23.9 Å². The second-order valence-corrected chi connectivity index (χ2v) is 6.34. The van der Waals surface area contributed by atoms with Crippen LogP contribution in [0.2, 0.25) is 10.0 Å². The second-order valence-electron chi connectivity index (χ2n) is 5.52. The van der Waals surface area contributed by atoms with Gasteiger partial charge in [0.05, 0.1) is 10.0 Å². The molecule has 1 aromatic carbocycles. The van der Waals surface area contributed by atoms with E-state index in [0.717, 1.165) is 31.8 Å². The van der Waals surface area contributed by atoms with Gasteiger partial charge in [-0.2, -0.15) is 10.1 Å². The molecule has 2 heterocycles. The number of benzene rings is 1. The molecule has 0 radical (unpaired) electrons. The van der Waals surface area contributed by atoms with Crippen LogP contribution in [0.25, 0.3) is 0 Å². The Morgan fingerprint density at radius 3 is 2.74 bits per heavy atom. The fourth-order valence-electron chi connectivity index (χ4n) is 2.58. The van der Waals surface area contributed by atoms with Gasteiger partial charge in [0.2, 0.25) is 5.95 Å². The minimum atomic E-state index is -0.295. The molecule has 1 aromatic heterocycles. The van der Waals surface area contributed by atoms with Gasteiger partial charge in [0.15, 0.2) is 5.82 Å². The van der Waals surface area contributed by atoms with Crippen LogP contribution < -0.4 is 10.6 Å². The maximum Gasteiger partial charge on any atom is 0.258 e. The van der Waals surface area contributed by atoms with Gasteiger partial charge in [-0.3, -0.25) is 10.1 Å². The van der Waals surface area contributed by atoms with Crippen molar-refractivity contribution < 1.29 is 4.79 Å². The van der Waals surface area contributed by atoms with E-state index in [4.69, 9.17) is 23.2 Å². The number of nitrogens with one attached hydrogen (secondary N) is 2. The smallest absolute Gasteiger partial charge is 0.258 e. The van der Waals surface area contributed by atoms with Crippen molar-refractivity contribution in [2.75, 3.05) is 18.4 Å². The fourth-order valence-corrected chi connectivity index (χ4v) is 2.88. The molecule has 3 rings (SSSR count). The number of hydrogen-bond donors (Lipinski definition) is 2. The molecule has 2 N–H and O–H groups in total. The Hall–Kier alpha value is -1.63. The average molecular weight is 354 g/mol. The Labute approximate surface area is 144 Å². The standard InChI is InChI=1S/C15H17Cl2N5O/c1-22-15(19-13(21-22)9-4-6-18-7-5-9)20-14(23)10-2-3-11(16)12(17)8-10/h2-3,8-9,18H,4-7H2,1H3,(H,19,20,21,23). The van der Waals surface area contributed by atoms with E-state index in [1.807, 2.05) is 0 Å². The van der Waals surface area contributed by atoms with Gasteiger partial charge in [-0.05, 0) is 44.1 Å². The van der Waals surface area contributed by atoms with Gasteiger partial charge in [0, 0.05) is 18.5 Å².